The van der Waals surface area contributed by atoms with E-state index in [9.17, 15) is 28.1 Å². The van der Waals surface area contributed by atoms with Crippen molar-refractivity contribution in [1.29, 1.82) is 0 Å². The molecule has 1 aromatic heterocycles. The van der Waals surface area contributed by atoms with E-state index in [0.717, 1.165) is 12.1 Å². The van der Waals surface area contributed by atoms with Gasteiger partial charge in [0.25, 0.3) is 5.69 Å². The number of amides is 1. The molecule has 1 amide bonds. The quantitative estimate of drug-likeness (QED) is 0.581. The summed E-state index contributed by atoms with van der Waals surface area (Å²) in [5.74, 6) is -0.108. The Kier molecular flexibility index (Phi) is 6.15. The van der Waals surface area contributed by atoms with Crippen molar-refractivity contribution in [2.24, 2.45) is 0 Å². The molecule has 0 radical (unpaired) electrons. The molecule has 160 valence electrons. The minimum Gasteiger partial charge on any atom is -0.363 e. The van der Waals surface area contributed by atoms with Crippen LogP contribution >= 0.6 is 0 Å². The normalized spacial score (nSPS) is 16.2. The monoisotopic (exact) mass is 424 g/mol. The molecule has 0 bridgehead atoms. The summed E-state index contributed by atoms with van der Waals surface area (Å²) in [6.45, 7) is 3.18. The molecular weight excluding hydrogens is 405 g/mol. The molecule has 1 fully saturated rings. The minimum atomic E-state index is -4.66. The van der Waals surface area contributed by atoms with Crippen molar-refractivity contribution in [2.45, 2.75) is 19.1 Å². The predicted molar refractivity (Wildman–Crippen MR) is 102 cm³/mol. The van der Waals surface area contributed by atoms with Crippen molar-refractivity contribution >= 4 is 23.2 Å². The van der Waals surface area contributed by atoms with Crippen LogP contribution < -0.4 is 10.2 Å². The SMILES string of the molecule is CC(C(=O)Nc1ncccn1)N1CCN(c2ccc(C(F)(F)F)cc2[N+](=O)[O-])CC1. The Labute approximate surface area is 169 Å². The third-order valence-corrected chi connectivity index (χ3v) is 4.88. The molecule has 2 heterocycles. The number of carbonyl (C=O) groups excluding carboxylic acids is 1. The van der Waals surface area contributed by atoms with Crippen LogP contribution in [0.3, 0.4) is 0 Å². The number of hydrogen-bond acceptors (Lipinski definition) is 7. The number of halogens is 3. The Morgan fingerprint density at radius 3 is 2.40 bits per heavy atom. The number of hydrogen-bond donors (Lipinski definition) is 1. The zero-order valence-corrected chi connectivity index (χ0v) is 16.0. The Morgan fingerprint density at radius 2 is 1.83 bits per heavy atom. The van der Waals surface area contributed by atoms with Gasteiger partial charge in [-0.2, -0.15) is 13.2 Å². The Morgan fingerprint density at radius 1 is 1.20 bits per heavy atom. The molecule has 1 atom stereocenters. The fourth-order valence-corrected chi connectivity index (χ4v) is 3.21. The van der Waals surface area contributed by atoms with Crippen LogP contribution in [0, 0.1) is 10.1 Å². The fraction of sp³-hybridized carbons (Fsp3) is 0.389. The van der Waals surface area contributed by atoms with Crippen LogP contribution in [0.2, 0.25) is 0 Å². The summed E-state index contributed by atoms with van der Waals surface area (Å²) in [6.07, 6.45) is -1.65. The van der Waals surface area contributed by atoms with Gasteiger partial charge < -0.3 is 4.90 Å². The third kappa shape index (κ3) is 4.82. The first-order valence-electron chi connectivity index (χ1n) is 9.09. The number of nitrogens with zero attached hydrogens (tertiary/aromatic N) is 5. The van der Waals surface area contributed by atoms with Gasteiger partial charge in [-0.25, -0.2) is 9.97 Å². The number of carbonyl (C=O) groups is 1. The standard InChI is InChI=1S/C18H19F3N6O3/c1-12(16(28)24-17-22-5-2-6-23-17)25-7-9-26(10-8-25)14-4-3-13(18(19,20)21)11-15(14)27(29)30/h2-6,11-12H,7-10H2,1H3,(H,22,23,24,28). The topological polar surface area (TPSA) is 104 Å². The Hall–Kier alpha value is -3.28. The number of anilines is 2. The first-order valence-corrected chi connectivity index (χ1v) is 9.09. The molecule has 1 aliphatic rings. The second-order valence-electron chi connectivity index (χ2n) is 6.72. The second-order valence-corrected chi connectivity index (χ2v) is 6.72. The van der Waals surface area contributed by atoms with Gasteiger partial charge in [0.1, 0.15) is 5.69 Å². The highest BCUT2D eigenvalue weighted by Gasteiger charge is 2.34. The number of benzene rings is 1. The van der Waals surface area contributed by atoms with Gasteiger partial charge in [-0.1, -0.05) is 0 Å². The largest absolute Gasteiger partial charge is 0.416 e. The first-order chi connectivity index (χ1) is 14.2. The Bertz CT molecular complexity index is 917. The van der Waals surface area contributed by atoms with Crippen LogP contribution in [0.25, 0.3) is 0 Å². The van der Waals surface area contributed by atoms with Crippen molar-refractivity contribution < 1.29 is 22.9 Å². The lowest BCUT2D eigenvalue weighted by atomic mass is 10.1. The van der Waals surface area contributed by atoms with Gasteiger partial charge in [-0.15, -0.1) is 0 Å². The van der Waals surface area contributed by atoms with Crippen molar-refractivity contribution in [2.75, 3.05) is 36.4 Å². The van der Waals surface area contributed by atoms with Crippen LogP contribution in [0.1, 0.15) is 12.5 Å². The molecule has 12 heteroatoms. The van der Waals surface area contributed by atoms with Crippen molar-refractivity contribution in [3.8, 4) is 0 Å². The molecule has 1 unspecified atom stereocenters. The van der Waals surface area contributed by atoms with E-state index in [1.54, 1.807) is 17.9 Å². The molecule has 1 N–H and O–H groups in total. The van der Waals surface area contributed by atoms with E-state index in [2.05, 4.69) is 15.3 Å². The van der Waals surface area contributed by atoms with E-state index < -0.39 is 28.4 Å². The lowest BCUT2D eigenvalue weighted by molar-refractivity contribution is -0.384. The minimum absolute atomic E-state index is 0.127. The van der Waals surface area contributed by atoms with Gasteiger partial charge in [-0.05, 0) is 25.1 Å². The molecule has 0 spiro atoms. The van der Waals surface area contributed by atoms with E-state index >= 15 is 0 Å². The second kappa shape index (κ2) is 8.61. The number of nitro benzene ring substituents is 1. The number of rotatable bonds is 5. The molecule has 1 saturated heterocycles. The number of nitrogens with one attached hydrogen (secondary N) is 1. The maximum atomic E-state index is 12.9. The predicted octanol–water partition coefficient (Wildman–Crippen LogP) is 2.55. The van der Waals surface area contributed by atoms with Gasteiger partial charge in [0.05, 0.1) is 16.5 Å². The third-order valence-electron chi connectivity index (χ3n) is 4.88. The van der Waals surface area contributed by atoms with Crippen LogP contribution in [0.15, 0.2) is 36.7 Å². The highest BCUT2D eigenvalue weighted by atomic mass is 19.4. The lowest BCUT2D eigenvalue weighted by Crippen LogP contribution is -2.53. The molecule has 0 saturated carbocycles. The van der Waals surface area contributed by atoms with E-state index in [0.29, 0.717) is 32.2 Å². The number of piperazine rings is 1. The van der Waals surface area contributed by atoms with Gasteiger partial charge in [0.15, 0.2) is 0 Å². The maximum Gasteiger partial charge on any atom is 0.416 e. The molecular formula is C18H19F3N6O3. The van der Waals surface area contributed by atoms with Crippen LogP contribution in [0.4, 0.5) is 30.5 Å². The zero-order valence-electron chi connectivity index (χ0n) is 16.0. The lowest BCUT2D eigenvalue weighted by Gasteiger charge is -2.38. The molecule has 30 heavy (non-hydrogen) atoms. The fourth-order valence-electron chi connectivity index (χ4n) is 3.21. The van der Waals surface area contributed by atoms with Crippen molar-refractivity contribution in [3.05, 3.63) is 52.3 Å². The van der Waals surface area contributed by atoms with E-state index in [1.165, 1.54) is 12.4 Å². The molecule has 1 aromatic carbocycles. The van der Waals surface area contributed by atoms with Gasteiger partial charge >= 0.3 is 6.18 Å². The first kappa shape index (κ1) is 21.4. The average Bonchev–Trinajstić information content (AvgIpc) is 2.73. The van der Waals surface area contributed by atoms with Gasteiger partial charge in [0.2, 0.25) is 11.9 Å². The summed E-state index contributed by atoms with van der Waals surface area (Å²) >= 11 is 0. The molecule has 9 nitrogen and oxygen atoms in total. The van der Waals surface area contributed by atoms with Crippen LogP contribution in [0.5, 0.6) is 0 Å². The molecule has 0 aliphatic carbocycles. The Balaban J connectivity index is 1.66. The van der Waals surface area contributed by atoms with E-state index in [1.807, 2.05) is 4.90 Å². The highest BCUT2D eigenvalue weighted by molar-refractivity contribution is 5.93. The maximum absolute atomic E-state index is 12.9. The summed E-state index contributed by atoms with van der Waals surface area (Å²) < 4.78 is 38.7. The van der Waals surface area contributed by atoms with Crippen LogP contribution in [-0.2, 0) is 11.0 Å². The van der Waals surface area contributed by atoms with Crippen molar-refractivity contribution in [1.82, 2.24) is 14.9 Å². The molecule has 3 rings (SSSR count). The van der Waals surface area contributed by atoms with E-state index in [4.69, 9.17) is 0 Å². The summed E-state index contributed by atoms with van der Waals surface area (Å²) in [7, 11) is 0. The molecule has 2 aromatic rings. The number of nitro groups is 1. The molecule has 1 aliphatic heterocycles. The van der Waals surface area contributed by atoms with Crippen LogP contribution in [-0.4, -0.2) is 57.9 Å². The summed E-state index contributed by atoms with van der Waals surface area (Å²) in [6, 6.07) is 3.64. The number of alkyl halides is 3. The summed E-state index contributed by atoms with van der Waals surface area (Å²) in [4.78, 5) is 34.3. The average molecular weight is 424 g/mol. The summed E-state index contributed by atoms with van der Waals surface area (Å²) in [5, 5.41) is 13.9. The van der Waals surface area contributed by atoms with Crippen molar-refractivity contribution in [3.63, 3.8) is 0 Å². The van der Waals surface area contributed by atoms with E-state index in [-0.39, 0.29) is 17.5 Å². The number of aromatic nitrogens is 2. The van der Waals surface area contributed by atoms with Gasteiger partial charge in [-0.3, -0.25) is 25.1 Å². The smallest absolute Gasteiger partial charge is 0.363 e. The zero-order chi connectivity index (χ0) is 21.9. The van der Waals surface area contributed by atoms with Gasteiger partial charge in [0, 0.05) is 44.6 Å². The highest BCUT2D eigenvalue weighted by Crippen LogP contribution is 2.36. The summed E-state index contributed by atoms with van der Waals surface area (Å²) in [5.41, 5.74) is -1.53.